The van der Waals surface area contributed by atoms with Gasteiger partial charge in [0.05, 0.1) is 33.0 Å². The SMILES string of the molecule is COC(=O)CCCCCCC(CCc1ccccc1OCc1ccc(CCc2ccccc2)cc1)C1COCc2cc(C(=O)OC)ccc21. The van der Waals surface area contributed by atoms with Crippen molar-refractivity contribution in [3.05, 3.63) is 136 Å². The van der Waals surface area contributed by atoms with Gasteiger partial charge in [0.25, 0.3) is 0 Å². The molecule has 0 aromatic heterocycles. The second kappa shape index (κ2) is 18.9. The van der Waals surface area contributed by atoms with E-state index in [1.54, 1.807) is 0 Å². The van der Waals surface area contributed by atoms with Gasteiger partial charge in [0.15, 0.2) is 0 Å². The number of hydrogen-bond donors (Lipinski definition) is 0. The maximum absolute atomic E-state index is 12.2. The summed E-state index contributed by atoms with van der Waals surface area (Å²) >= 11 is 0. The van der Waals surface area contributed by atoms with Crippen LogP contribution in [0.4, 0.5) is 0 Å². The third-order valence-electron chi connectivity index (χ3n) is 9.74. The summed E-state index contributed by atoms with van der Waals surface area (Å²) in [5.41, 5.74) is 7.95. The van der Waals surface area contributed by atoms with E-state index in [2.05, 4.69) is 78.9 Å². The molecule has 2 atom stereocenters. The second-order valence-corrected chi connectivity index (χ2v) is 13.1. The molecule has 0 bridgehead atoms. The number of rotatable bonds is 18. The van der Waals surface area contributed by atoms with E-state index >= 15 is 0 Å². The first-order chi connectivity index (χ1) is 24.0. The van der Waals surface area contributed by atoms with Gasteiger partial charge in [-0.05, 0) is 96.0 Å². The normalized spacial score (nSPS) is 14.4. The fourth-order valence-electron chi connectivity index (χ4n) is 6.88. The molecule has 1 aliphatic heterocycles. The minimum atomic E-state index is -0.330. The van der Waals surface area contributed by atoms with Gasteiger partial charge in [-0.25, -0.2) is 4.79 Å². The molecule has 4 aromatic carbocycles. The van der Waals surface area contributed by atoms with Crippen LogP contribution in [-0.2, 0) is 51.5 Å². The largest absolute Gasteiger partial charge is 0.489 e. The molecule has 0 aliphatic carbocycles. The Kier molecular flexibility index (Phi) is 13.9. The quantitative estimate of drug-likeness (QED) is 0.0782. The monoisotopic (exact) mass is 662 g/mol. The molecular weight excluding hydrogens is 612 g/mol. The van der Waals surface area contributed by atoms with Gasteiger partial charge in [-0.3, -0.25) is 4.79 Å². The highest BCUT2D eigenvalue weighted by atomic mass is 16.5. The summed E-state index contributed by atoms with van der Waals surface area (Å²) in [5, 5.41) is 0. The second-order valence-electron chi connectivity index (χ2n) is 13.1. The average Bonchev–Trinajstić information content (AvgIpc) is 3.16. The minimum Gasteiger partial charge on any atom is -0.489 e. The number of carbonyl (C=O) groups is 2. The van der Waals surface area contributed by atoms with Crippen LogP contribution in [0.2, 0.25) is 0 Å². The Morgan fingerprint density at radius 1 is 0.735 bits per heavy atom. The lowest BCUT2D eigenvalue weighted by Crippen LogP contribution is -2.25. The molecule has 0 amide bonds. The molecule has 0 N–H and O–H groups in total. The highest BCUT2D eigenvalue weighted by Crippen LogP contribution is 2.38. The molecule has 1 aliphatic rings. The Hall–Kier alpha value is -4.42. The molecule has 6 heteroatoms. The number of fused-ring (bicyclic) bond motifs is 1. The molecule has 5 rings (SSSR count). The topological polar surface area (TPSA) is 71.1 Å². The standard InChI is InChI=1S/C43H50O6/c1-46-42(44)17-9-4-3-8-14-35(40-31-48-30-38-28-37(43(45)47-2)26-27-39(38)40)24-25-36-15-10-11-16-41(36)49-29-34-22-20-33(21-23-34)19-18-32-12-6-5-7-13-32/h5-7,10-13,15-16,20-23,26-28,35,40H,3-4,8-9,14,17-19,24-25,29-31H2,1-2H3. The van der Waals surface area contributed by atoms with Crippen molar-refractivity contribution in [2.75, 3.05) is 20.8 Å². The van der Waals surface area contributed by atoms with Crippen molar-refractivity contribution in [2.24, 2.45) is 5.92 Å². The van der Waals surface area contributed by atoms with Crippen molar-refractivity contribution >= 4 is 11.9 Å². The van der Waals surface area contributed by atoms with E-state index in [1.807, 2.05) is 18.2 Å². The number of carbonyl (C=O) groups excluding carboxylic acids is 2. The first-order valence-corrected chi connectivity index (χ1v) is 17.7. The highest BCUT2D eigenvalue weighted by molar-refractivity contribution is 5.89. The predicted molar refractivity (Wildman–Crippen MR) is 193 cm³/mol. The van der Waals surface area contributed by atoms with Gasteiger partial charge < -0.3 is 18.9 Å². The molecule has 2 unspecified atom stereocenters. The molecule has 0 saturated heterocycles. The predicted octanol–water partition coefficient (Wildman–Crippen LogP) is 9.21. The summed E-state index contributed by atoms with van der Waals surface area (Å²) in [6.07, 6.45) is 9.48. The number of para-hydroxylation sites is 1. The number of esters is 2. The molecule has 0 saturated carbocycles. The smallest absolute Gasteiger partial charge is 0.337 e. The van der Waals surface area contributed by atoms with Gasteiger partial charge in [-0.2, -0.15) is 0 Å². The van der Waals surface area contributed by atoms with E-state index in [0.29, 0.717) is 37.7 Å². The average molecular weight is 663 g/mol. The molecule has 0 spiro atoms. The van der Waals surface area contributed by atoms with Crippen LogP contribution >= 0.6 is 0 Å². The first kappa shape index (κ1) is 35.9. The lowest BCUT2D eigenvalue weighted by molar-refractivity contribution is -0.140. The number of ether oxygens (including phenoxy) is 4. The molecule has 49 heavy (non-hydrogen) atoms. The highest BCUT2D eigenvalue weighted by Gasteiger charge is 2.29. The Morgan fingerprint density at radius 2 is 1.45 bits per heavy atom. The molecule has 6 nitrogen and oxygen atoms in total. The summed E-state index contributed by atoms with van der Waals surface area (Å²) in [4.78, 5) is 23.8. The molecule has 0 fully saturated rings. The maximum atomic E-state index is 12.2. The van der Waals surface area contributed by atoms with E-state index in [1.165, 1.54) is 36.5 Å². The van der Waals surface area contributed by atoms with Gasteiger partial charge in [0.2, 0.25) is 0 Å². The van der Waals surface area contributed by atoms with E-state index in [-0.39, 0.29) is 17.9 Å². The fourth-order valence-corrected chi connectivity index (χ4v) is 6.88. The van der Waals surface area contributed by atoms with Crippen molar-refractivity contribution in [2.45, 2.75) is 83.3 Å². The summed E-state index contributed by atoms with van der Waals surface area (Å²) in [6, 6.07) is 33.7. The van der Waals surface area contributed by atoms with Crippen LogP contribution in [0.1, 0.15) is 94.6 Å². The summed E-state index contributed by atoms with van der Waals surface area (Å²) < 4.78 is 22.3. The van der Waals surface area contributed by atoms with Crippen molar-refractivity contribution in [1.29, 1.82) is 0 Å². The van der Waals surface area contributed by atoms with Crippen LogP contribution in [0.3, 0.4) is 0 Å². The first-order valence-electron chi connectivity index (χ1n) is 17.7. The third-order valence-corrected chi connectivity index (χ3v) is 9.74. The van der Waals surface area contributed by atoms with Crippen LogP contribution in [0.15, 0.2) is 97.1 Å². The van der Waals surface area contributed by atoms with E-state index in [0.717, 1.165) is 74.7 Å². The van der Waals surface area contributed by atoms with Crippen molar-refractivity contribution in [1.82, 2.24) is 0 Å². The number of aryl methyl sites for hydroxylation is 3. The van der Waals surface area contributed by atoms with Crippen molar-refractivity contribution in [3.8, 4) is 5.75 Å². The van der Waals surface area contributed by atoms with Gasteiger partial charge in [0.1, 0.15) is 12.4 Å². The maximum Gasteiger partial charge on any atom is 0.337 e. The van der Waals surface area contributed by atoms with E-state index in [9.17, 15) is 9.59 Å². The van der Waals surface area contributed by atoms with Gasteiger partial charge in [0, 0.05) is 12.3 Å². The number of methoxy groups -OCH3 is 2. The third kappa shape index (κ3) is 10.8. The molecule has 1 heterocycles. The number of unbranched alkanes of at least 4 members (excludes halogenated alkanes) is 3. The van der Waals surface area contributed by atoms with Gasteiger partial charge >= 0.3 is 11.9 Å². The zero-order valence-electron chi connectivity index (χ0n) is 29.0. The fraction of sp³-hybridized carbons (Fsp3) is 0.395. The molecule has 4 aromatic rings. The number of benzene rings is 4. The number of hydrogen-bond acceptors (Lipinski definition) is 6. The van der Waals surface area contributed by atoms with Crippen LogP contribution in [0.25, 0.3) is 0 Å². The summed E-state index contributed by atoms with van der Waals surface area (Å²) in [7, 11) is 2.85. The van der Waals surface area contributed by atoms with E-state index in [4.69, 9.17) is 18.9 Å². The van der Waals surface area contributed by atoms with Crippen molar-refractivity contribution in [3.63, 3.8) is 0 Å². The van der Waals surface area contributed by atoms with Crippen molar-refractivity contribution < 1.29 is 28.5 Å². The molecule has 258 valence electrons. The zero-order valence-corrected chi connectivity index (χ0v) is 29.0. The minimum absolute atomic E-state index is 0.142. The summed E-state index contributed by atoms with van der Waals surface area (Å²) in [6.45, 7) is 1.69. The Bertz CT molecular complexity index is 1610. The van der Waals surface area contributed by atoms with Gasteiger partial charge in [-0.15, -0.1) is 0 Å². The lowest BCUT2D eigenvalue weighted by Gasteiger charge is -2.33. The van der Waals surface area contributed by atoms with E-state index < -0.39 is 0 Å². The lowest BCUT2D eigenvalue weighted by atomic mass is 9.77. The zero-order chi connectivity index (χ0) is 34.3. The Labute approximate surface area is 291 Å². The summed E-state index contributed by atoms with van der Waals surface area (Å²) in [5.74, 6) is 1.08. The Morgan fingerprint density at radius 3 is 2.22 bits per heavy atom. The Balaban J connectivity index is 1.22. The van der Waals surface area contributed by atoms with Crippen LogP contribution in [-0.4, -0.2) is 32.8 Å². The van der Waals surface area contributed by atoms with Crippen LogP contribution in [0, 0.1) is 5.92 Å². The molecule has 0 radical (unpaired) electrons. The van der Waals surface area contributed by atoms with Crippen LogP contribution < -0.4 is 4.74 Å². The molecular formula is C43H50O6. The van der Waals surface area contributed by atoms with Crippen LogP contribution in [0.5, 0.6) is 5.75 Å². The van der Waals surface area contributed by atoms with Gasteiger partial charge in [-0.1, -0.05) is 98.1 Å².